The Morgan fingerprint density at radius 1 is 1.04 bits per heavy atom. The molecule has 4 rings (SSSR count). The van der Waals surface area contributed by atoms with Gasteiger partial charge in [-0.15, -0.1) is 0 Å². The Kier molecular flexibility index (Phi) is 4.73. The molecule has 1 unspecified atom stereocenters. The van der Waals surface area contributed by atoms with E-state index in [1.807, 2.05) is 46.3 Å². The molecule has 136 valence electrons. The fourth-order valence-corrected chi connectivity index (χ4v) is 4.08. The molecule has 6 nitrogen and oxygen atoms in total. The fraction of sp³-hybridized carbons (Fsp3) is 0.450. The maximum absolute atomic E-state index is 13.2. The molecule has 2 fully saturated rings. The predicted octanol–water partition coefficient (Wildman–Crippen LogP) is 2.49. The normalized spacial score (nSPS) is 21.1. The number of carbonyl (C=O) groups is 2. The van der Waals surface area contributed by atoms with Crippen LogP contribution in [-0.4, -0.2) is 57.1 Å². The summed E-state index contributed by atoms with van der Waals surface area (Å²) in [4.78, 5) is 29.2. The third-order valence-corrected chi connectivity index (χ3v) is 5.42. The molecule has 2 amide bonds. The number of para-hydroxylation sites is 1. The van der Waals surface area contributed by atoms with Crippen molar-refractivity contribution in [3.63, 3.8) is 0 Å². The van der Waals surface area contributed by atoms with Crippen molar-refractivity contribution in [1.82, 2.24) is 19.6 Å². The third kappa shape index (κ3) is 3.23. The van der Waals surface area contributed by atoms with Gasteiger partial charge in [0.1, 0.15) is 0 Å². The largest absolute Gasteiger partial charge is 0.340 e. The van der Waals surface area contributed by atoms with E-state index in [1.165, 1.54) is 0 Å². The highest BCUT2D eigenvalue weighted by Crippen LogP contribution is 2.24. The number of aromatic nitrogens is 2. The Hall–Kier alpha value is -2.63. The van der Waals surface area contributed by atoms with Crippen molar-refractivity contribution < 1.29 is 9.59 Å². The number of hydrogen-bond acceptors (Lipinski definition) is 3. The maximum Gasteiger partial charge on any atom is 0.256 e. The van der Waals surface area contributed by atoms with Crippen LogP contribution in [0.1, 0.15) is 42.5 Å². The molecular weight excluding hydrogens is 328 g/mol. The van der Waals surface area contributed by atoms with Gasteiger partial charge >= 0.3 is 0 Å². The first-order valence-electron chi connectivity index (χ1n) is 9.42. The van der Waals surface area contributed by atoms with Crippen molar-refractivity contribution in [2.75, 3.05) is 19.6 Å². The average Bonchev–Trinajstić information content (AvgIpc) is 3.28. The molecule has 1 aromatic carbocycles. The van der Waals surface area contributed by atoms with E-state index >= 15 is 0 Å². The number of carbonyl (C=O) groups excluding carboxylic acids is 2. The molecule has 0 saturated carbocycles. The number of nitrogens with zero attached hydrogens (tertiary/aromatic N) is 4. The molecular formula is C20H24N4O2. The van der Waals surface area contributed by atoms with Crippen LogP contribution in [0.25, 0.3) is 5.69 Å². The summed E-state index contributed by atoms with van der Waals surface area (Å²) in [6.07, 6.45) is 7.99. The van der Waals surface area contributed by atoms with Crippen LogP contribution in [-0.2, 0) is 4.79 Å². The lowest BCUT2D eigenvalue weighted by Crippen LogP contribution is -2.38. The van der Waals surface area contributed by atoms with Gasteiger partial charge in [0.15, 0.2) is 0 Å². The summed E-state index contributed by atoms with van der Waals surface area (Å²) in [6, 6.07) is 9.74. The number of amides is 2. The van der Waals surface area contributed by atoms with Crippen LogP contribution in [0.2, 0.25) is 0 Å². The van der Waals surface area contributed by atoms with Gasteiger partial charge in [0.25, 0.3) is 5.91 Å². The minimum Gasteiger partial charge on any atom is -0.340 e. The van der Waals surface area contributed by atoms with Crippen LogP contribution in [0.3, 0.4) is 0 Å². The smallest absolute Gasteiger partial charge is 0.256 e. The van der Waals surface area contributed by atoms with Crippen LogP contribution >= 0.6 is 0 Å². The molecule has 0 radical (unpaired) electrons. The Morgan fingerprint density at radius 3 is 2.69 bits per heavy atom. The SMILES string of the molecule is O=C(c1ccccc1-n1cccn1)N1CCCC(N2CCCC2=O)CC1. The van der Waals surface area contributed by atoms with Crippen molar-refractivity contribution in [1.29, 1.82) is 0 Å². The molecule has 2 aromatic rings. The van der Waals surface area contributed by atoms with Crippen molar-refractivity contribution in [3.05, 3.63) is 48.3 Å². The lowest BCUT2D eigenvalue weighted by Gasteiger charge is -2.27. The second-order valence-corrected chi connectivity index (χ2v) is 7.04. The number of hydrogen-bond donors (Lipinski definition) is 0. The summed E-state index contributed by atoms with van der Waals surface area (Å²) >= 11 is 0. The third-order valence-electron chi connectivity index (χ3n) is 5.42. The number of likely N-dealkylation sites (tertiary alicyclic amines) is 2. The first-order valence-corrected chi connectivity index (χ1v) is 9.42. The van der Waals surface area contributed by atoms with E-state index in [1.54, 1.807) is 10.9 Å². The molecule has 1 atom stereocenters. The van der Waals surface area contributed by atoms with Gasteiger partial charge in [-0.2, -0.15) is 5.10 Å². The Balaban J connectivity index is 1.50. The van der Waals surface area contributed by atoms with Gasteiger partial charge in [-0.25, -0.2) is 4.68 Å². The van der Waals surface area contributed by atoms with Crippen LogP contribution in [0.4, 0.5) is 0 Å². The molecule has 6 heteroatoms. The zero-order valence-electron chi connectivity index (χ0n) is 14.9. The van der Waals surface area contributed by atoms with Crippen LogP contribution < -0.4 is 0 Å². The van der Waals surface area contributed by atoms with E-state index in [0.717, 1.165) is 44.5 Å². The van der Waals surface area contributed by atoms with Gasteiger partial charge < -0.3 is 9.80 Å². The molecule has 0 N–H and O–H groups in total. The summed E-state index contributed by atoms with van der Waals surface area (Å²) in [5.74, 6) is 0.323. The van der Waals surface area contributed by atoms with E-state index < -0.39 is 0 Å². The van der Waals surface area contributed by atoms with Gasteiger partial charge in [-0.05, 0) is 43.9 Å². The highest BCUT2D eigenvalue weighted by Gasteiger charge is 2.31. The first-order chi connectivity index (χ1) is 12.7. The first kappa shape index (κ1) is 16.8. The van der Waals surface area contributed by atoms with Crippen molar-refractivity contribution in [2.45, 2.75) is 38.1 Å². The second kappa shape index (κ2) is 7.32. The Labute approximate surface area is 153 Å². The van der Waals surface area contributed by atoms with Gasteiger partial charge in [0, 0.05) is 44.5 Å². The van der Waals surface area contributed by atoms with Crippen molar-refractivity contribution in [3.8, 4) is 5.69 Å². The minimum atomic E-state index is 0.0458. The summed E-state index contributed by atoms with van der Waals surface area (Å²) in [6.45, 7) is 2.31. The summed E-state index contributed by atoms with van der Waals surface area (Å²) in [5.41, 5.74) is 1.48. The Morgan fingerprint density at radius 2 is 1.92 bits per heavy atom. The summed E-state index contributed by atoms with van der Waals surface area (Å²) in [5, 5.41) is 4.27. The standard InChI is InChI=1S/C20H24N4O2/c25-19-9-4-13-23(19)16-6-3-12-22(15-10-16)20(26)17-7-1-2-8-18(17)24-14-5-11-21-24/h1-2,5,7-8,11,14,16H,3-4,6,9-10,12-13,15H2. The Bertz CT molecular complexity index is 787. The van der Waals surface area contributed by atoms with Gasteiger partial charge in [-0.1, -0.05) is 12.1 Å². The predicted molar refractivity (Wildman–Crippen MR) is 98.1 cm³/mol. The fourth-order valence-electron chi connectivity index (χ4n) is 4.08. The molecule has 2 aliphatic heterocycles. The summed E-state index contributed by atoms with van der Waals surface area (Å²) < 4.78 is 1.73. The number of rotatable bonds is 3. The highest BCUT2D eigenvalue weighted by atomic mass is 16.2. The monoisotopic (exact) mass is 352 g/mol. The van der Waals surface area contributed by atoms with E-state index in [0.29, 0.717) is 18.5 Å². The second-order valence-electron chi connectivity index (χ2n) is 7.04. The molecule has 1 aromatic heterocycles. The quantitative estimate of drug-likeness (QED) is 0.853. The van der Waals surface area contributed by atoms with Gasteiger partial charge in [-0.3, -0.25) is 9.59 Å². The van der Waals surface area contributed by atoms with Crippen LogP contribution in [0, 0.1) is 0 Å². The molecule has 2 saturated heterocycles. The summed E-state index contributed by atoms with van der Waals surface area (Å²) in [7, 11) is 0. The zero-order chi connectivity index (χ0) is 17.9. The maximum atomic E-state index is 13.2. The molecule has 3 heterocycles. The highest BCUT2D eigenvalue weighted by molar-refractivity contribution is 5.97. The van der Waals surface area contributed by atoms with Gasteiger partial charge in [0.05, 0.1) is 11.3 Å². The minimum absolute atomic E-state index is 0.0458. The van der Waals surface area contributed by atoms with E-state index in [4.69, 9.17) is 0 Å². The lowest BCUT2D eigenvalue weighted by molar-refractivity contribution is -0.129. The van der Waals surface area contributed by atoms with Crippen molar-refractivity contribution in [2.24, 2.45) is 0 Å². The molecule has 0 spiro atoms. The topological polar surface area (TPSA) is 58.4 Å². The number of benzene rings is 1. The molecule has 0 aliphatic carbocycles. The molecule has 0 bridgehead atoms. The van der Waals surface area contributed by atoms with Gasteiger partial charge in [0.2, 0.25) is 5.91 Å². The van der Waals surface area contributed by atoms with Crippen LogP contribution in [0.15, 0.2) is 42.7 Å². The van der Waals surface area contributed by atoms with E-state index in [9.17, 15) is 9.59 Å². The van der Waals surface area contributed by atoms with Crippen LogP contribution in [0.5, 0.6) is 0 Å². The van der Waals surface area contributed by atoms with Crippen molar-refractivity contribution >= 4 is 11.8 Å². The average molecular weight is 352 g/mol. The van der Waals surface area contributed by atoms with E-state index in [2.05, 4.69) is 5.10 Å². The van der Waals surface area contributed by atoms with E-state index in [-0.39, 0.29) is 17.9 Å². The molecule has 2 aliphatic rings. The lowest BCUT2D eigenvalue weighted by atomic mass is 10.1. The molecule has 26 heavy (non-hydrogen) atoms. The zero-order valence-corrected chi connectivity index (χ0v) is 14.9.